The van der Waals surface area contributed by atoms with Crippen LogP contribution in [0.25, 0.3) is 0 Å². The highest BCUT2D eigenvalue weighted by molar-refractivity contribution is 7.18. The zero-order valence-corrected chi connectivity index (χ0v) is 14.6. The number of aromatic nitrogens is 1. The minimum atomic E-state index is -0.628. The summed E-state index contributed by atoms with van der Waals surface area (Å²) in [5, 5.41) is 36.0. The second-order valence-corrected chi connectivity index (χ2v) is 6.13. The van der Waals surface area contributed by atoms with Crippen molar-refractivity contribution in [2.75, 3.05) is 0 Å². The molecule has 1 N–H and O–H groups in total. The van der Waals surface area contributed by atoms with E-state index < -0.39 is 11.4 Å². The van der Waals surface area contributed by atoms with Crippen molar-refractivity contribution in [3.8, 4) is 18.0 Å². The molecule has 0 atom stereocenters. The number of carbonyl (C=O) groups is 1. The molecule has 25 heavy (non-hydrogen) atoms. The molecule has 0 aliphatic carbocycles. The fourth-order valence-electron chi connectivity index (χ4n) is 2.11. The first-order valence-electron chi connectivity index (χ1n) is 6.86. The second kappa shape index (κ2) is 7.26. The number of nitrogens with zero attached hydrogens (tertiary/aromatic N) is 5. The minimum absolute atomic E-state index is 0.0229. The van der Waals surface area contributed by atoms with Crippen LogP contribution in [-0.2, 0) is 6.54 Å². The Morgan fingerprint density at radius 2 is 1.96 bits per heavy atom. The summed E-state index contributed by atoms with van der Waals surface area (Å²) in [6.07, 6.45) is 0.497. The number of pyridine rings is 1. The number of aldehydes is 1. The Kier molecular flexibility index (Phi) is 5.32. The summed E-state index contributed by atoms with van der Waals surface area (Å²) in [5.41, 5.74) is -0.719. The molecule has 0 spiro atoms. The summed E-state index contributed by atoms with van der Waals surface area (Å²) in [5.74, 6) is -0.438. The molecule has 0 saturated heterocycles. The Bertz CT molecular complexity index is 1040. The fraction of sp³-hybridized carbons (Fsp3) is 0.200. The van der Waals surface area contributed by atoms with E-state index in [9.17, 15) is 20.0 Å². The number of halogens is 1. The minimum Gasteiger partial charge on any atom is -0.493 e. The lowest BCUT2D eigenvalue weighted by molar-refractivity contribution is 0.112. The zero-order chi connectivity index (χ0) is 18.7. The van der Waals surface area contributed by atoms with E-state index in [-0.39, 0.29) is 43.8 Å². The van der Waals surface area contributed by atoms with E-state index in [1.165, 1.54) is 6.92 Å². The molecule has 0 saturated carbocycles. The van der Waals surface area contributed by atoms with E-state index >= 15 is 0 Å². The van der Waals surface area contributed by atoms with Crippen LogP contribution in [0.4, 0.5) is 10.7 Å². The first-order chi connectivity index (χ1) is 11.9. The Morgan fingerprint density at radius 3 is 2.48 bits per heavy atom. The number of thiophene rings is 1. The van der Waals surface area contributed by atoms with Crippen molar-refractivity contribution >= 4 is 39.9 Å². The Hall–Kier alpha value is -3.01. The maximum absolute atomic E-state index is 12.4. The SMILES string of the molecule is CCn1c(O)c(C#N)c(C)c(N=Nc2sc(C=O)c(Cl)c2C#N)c1=O. The highest BCUT2D eigenvalue weighted by atomic mass is 35.5. The smallest absolute Gasteiger partial charge is 0.281 e. The highest BCUT2D eigenvalue weighted by Gasteiger charge is 2.20. The van der Waals surface area contributed by atoms with Crippen molar-refractivity contribution in [1.29, 1.82) is 10.5 Å². The topological polar surface area (TPSA) is 132 Å². The predicted molar refractivity (Wildman–Crippen MR) is 91.1 cm³/mol. The monoisotopic (exact) mass is 375 g/mol. The quantitative estimate of drug-likeness (QED) is 0.644. The molecule has 0 unspecified atom stereocenters. The van der Waals surface area contributed by atoms with Crippen molar-refractivity contribution in [3.05, 3.63) is 36.9 Å². The maximum Gasteiger partial charge on any atom is 0.281 e. The van der Waals surface area contributed by atoms with Crippen molar-refractivity contribution < 1.29 is 9.90 Å². The Balaban J connectivity index is 2.69. The fourth-order valence-corrected chi connectivity index (χ4v) is 3.23. The number of hydrogen-bond acceptors (Lipinski definition) is 8. The molecule has 0 aliphatic rings. The van der Waals surface area contributed by atoms with Crippen LogP contribution in [0, 0.1) is 29.6 Å². The normalized spacial score (nSPS) is 10.6. The van der Waals surface area contributed by atoms with E-state index in [2.05, 4.69) is 10.2 Å². The molecule has 2 aromatic heterocycles. The van der Waals surface area contributed by atoms with E-state index in [1.807, 2.05) is 12.1 Å². The van der Waals surface area contributed by atoms with Crippen LogP contribution in [0.3, 0.4) is 0 Å². The van der Waals surface area contributed by atoms with E-state index in [0.29, 0.717) is 6.29 Å². The molecule has 2 heterocycles. The van der Waals surface area contributed by atoms with Crippen LogP contribution < -0.4 is 5.56 Å². The Labute approximate surface area is 150 Å². The molecule has 0 amide bonds. The lowest BCUT2D eigenvalue weighted by atomic mass is 10.1. The maximum atomic E-state index is 12.4. The Morgan fingerprint density at radius 1 is 1.32 bits per heavy atom. The summed E-state index contributed by atoms with van der Waals surface area (Å²) < 4.78 is 0.989. The van der Waals surface area contributed by atoms with Gasteiger partial charge in [0.2, 0.25) is 5.88 Å². The van der Waals surface area contributed by atoms with Gasteiger partial charge in [0.15, 0.2) is 17.0 Å². The van der Waals surface area contributed by atoms with Gasteiger partial charge in [-0.15, -0.1) is 21.6 Å². The number of aromatic hydroxyl groups is 1. The summed E-state index contributed by atoms with van der Waals surface area (Å²) in [6, 6.07) is 3.65. The van der Waals surface area contributed by atoms with Crippen LogP contribution in [0.5, 0.6) is 5.88 Å². The van der Waals surface area contributed by atoms with E-state index in [0.717, 1.165) is 15.9 Å². The number of rotatable bonds is 4. The van der Waals surface area contributed by atoms with Gasteiger partial charge in [-0.2, -0.15) is 10.5 Å². The van der Waals surface area contributed by atoms with Gasteiger partial charge in [0.1, 0.15) is 23.3 Å². The van der Waals surface area contributed by atoms with Crippen LogP contribution in [-0.4, -0.2) is 16.0 Å². The zero-order valence-electron chi connectivity index (χ0n) is 13.1. The predicted octanol–water partition coefficient (Wildman–Crippen LogP) is 3.57. The van der Waals surface area contributed by atoms with Gasteiger partial charge >= 0.3 is 0 Å². The van der Waals surface area contributed by atoms with Gasteiger partial charge in [0.25, 0.3) is 5.56 Å². The van der Waals surface area contributed by atoms with E-state index in [1.54, 1.807) is 6.92 Å². The third-order valence-electron chi connectivity index (χ3n) is 3.40. The first kappa shape index (κ1) is 18.3. The number of nitriles is 2. The average Bonchev–Trinajstić information content (AvgIpc) is 2.90. The van der Waals surface area contributed by atoms with Crippen LogP contribution in [0.2, 0.25) is 5.02 Å². The van der Waals surface area contributed by atoms with Gasteiger partial charge in [-0.3, -0.25) is 14.2 Å². The van der Waals surface area contributed by atoms with Crippen LogP contribution >= 0.6 is 22.9 Å². The summed E-state index contributed by atoms with van der Waals surface area (Å²) >= 11 is 6.76. The molecule has 8 nitrogen and oxygen atoms in total. The largest absolute Gasteiger partial charge is 0.493 e. The molecule has 0 aliphatic heterocycles. The number of carbonyl (C=O) groups excluding carboxylic acids is 1. The molecule has 2 aromatic rings. The molecule has 0 bridgehead atoms. The highest BCUT2D eigenvalue weighted by Crippen LogP contribution is 2.38. The summed E-state index contributed by atoms with van der Waals surface area (Å²) in [7, 11) is 0. The van der Waals surface area contributed by atoms with Crippen molar-refractivity contribution in [2.45, 2.75) is 20.4 Å². The molecule has 0 fully saturated rings. The van der Waals surface area contributed by atoms with Crippen LogP contribution in [0.15, 0.2) is 15.0 Å². The van der Waals surface area contributed by atoms with Crippen LogP contribution in [0.1, 0.15) is 33.3 Å². The molecule has 2 rings (SSSR count). The molecule has 0 aromatic carbocycles. The van der Waals surface area contributed by atoms with Gasteiger partial charge < -0.3 is 5.11 Å². The van der Waals surface area contributed by atoms with Crippen molar-refractivity contribution in [3.63, 3.8) is 0 Å². The lowest BCUT2D eigenvalue weighted by Crippen LogP contribution is -2.20. The van der Waals surface area contributed by atoms with Gasteiger partial charge in [-0.1, -0.05) is 11.6 Å². The van der Waals surface area contributed by atoms with Crippen molar-refractivity contribution in [2.24, 2.45) is 10.2 Å². The second-order valence-electron chi connectivity index (χ2n) is 4.72. The molecule has 10 heteroatoms. The molecular formula is C15H10ClN5O3S. The van der Waals surface area contributed by atoms with Gasteiger partial charge in [-0.05, 0) is 13.8 Å². The van der Waals surface area contributed by atoms with Gasteiger partial charge in [0, 0.05) is 12.1 Å². The molecular weight excluding hydrogens is 366 g/mol. The van der Waals surface area contributed by atoms with Gasteiger partial charge in [0.05, 0.1) is 9.90 Å². The number of hydrogen-bond donors (Lipinski definition) is 1. The first-order valence-corrected chi connectivity index (χ1v) is 8.06. The lowest BCUT2D eigenvalue weighted by Gasteiger charge is -2.10. The average molecular weight is 376 g/mol. The third-order valence-corrected chi connectivity index (χ3v) is 4.91. The summed E-state index contributed by atoms with van der Waals surface area (Å²) in [6.45, 7) is 3.21. The molecule has 126 valence electrons. The van der Waals surface area contributed by atoms with Gasteiger partial charge in [-0.25, -0.2) is 0 Å². The van der Waals surface area contributed by atoms with E-state index in [4.69, 9.17) is 16.9 Å². The standard InChI is InChI=1S/C15H10ClN5O3S/c1-3-21-14(23)8(4-17)7(2)12(15(21)24)19-20-13-9(5-18)11(16)10(6-22)25-13/h6,23H,3H2,1-2H3. The summed E-state index contributed by atoms with van der Waals surface area (Å²) in [4.78, 5) is 23.5. The van der Waals surface area contributed by atoms with Crippen molar-refractivity contribution in [1.82, 2.24) is 4.57 Å². The number of azo groups is 1. The third kappa shape index (κ3) is 3.03. The molecule has 0 radical (unpaired) electrons.